The number of benzene rings is 3. The first-order valence-corrected chi connectivity index (χ1v) is 10.2. The molecule has 0 spiro atoms. The van der Waals surface area contributed by atoms with Gasteiger partial charge in [-0.3, -0.25) is 10.1 Å². The molecule has 5 heteroatoms. The molecule has 4 aromatic rings. The Labute approximate surface area is 160 Å². The van der Waals surface area contributed by atoms with Gasteiger partial charge in [-0.2, -0.15) is 0 Å². The number of hydrogen-bond acceptors (Lipinski definition) is 4. The minimum Gasteiger partial charge on any atom is -0.298 e. The molecule has 0 atom stereocenters. The van der Waals surface area contributed by atoms with E-state index in [1.54, 1.807) is 11.8 Å². The number of fused-ring (bicyclic) bond motifs is 1. The second-order valence-corrected chi connectivity index (χ2v) is 7.46. The first-order valence-electron chi connectivity index (χ1n) is 8.13. The lowest BCUT2D eigenvalue weighted by Gasteiger charge is -2.06. The van der Waals surface area contributed by atoms with Crippen LogP contribution in [0, 0.1) is 0 Å². The van der Waals surface area contributed by atoms with Crippen LogP contribution in [0.2, 0.25) is 0 Å². The van der Waals surface area contributed by atoms with Crippen molar-refractivity contribution in [2.24, 2.45) is 0 Å². The van der Waals surface area contributed by atoms with Gasteiger partial charge in [0, 0.05) is 15.8 Å². The molecule has 4 rings (SSSR count). The highest BCUT2D eigenvalue weighted by atomic mass is 32.2. The van der Waals surface area contributed by atoms with E-state index in [0.717, 1.165) is 16.2 Å². The summed E-state index contributed by atoms with van der Waals surface area (Å²) in [4.78, 5) is 18.1. The zero-order chi connectivity index (χ0) is 17.9. The van der Waals surface area contributed by atoms with Crippen molar-refractivity contribution >= 4 is 44.9 Å². The lowest BCUT2D eigenvalue weighted by atomic mass is 10.1. The van der Waals surface area contributed by atoms with Gasteiger partial charge in [-0.05, 0) is 35.2 Å². The van der Waals surface area contributed by atoms with Gasteiger partial charge in [0.15, 0.2) is 5.13 Å². The molecule has 0 saturated heterocycles. The molecule has 0 radical (unpaired) electrons. The minimum absolute atomic E-state index is 0.130. The summed E-state index contributed by atoms with van der Waals surface area (Å²) in [5.41, 5.74) is 2.58. The number of amides is 1. The average molecular weight is 377 g/mol. The predicted octanol–water partition coefficient (Wildman–Crippen LogP) is 5.94. The Bertz CT molecular complexity index is 1090. The molecule has 1 aromatic heterocycles. The molecule has 3 aromatic carbocycles. The third-order valence-corrected chi connectivity index (χ3v) is 5.68. The highest BCUT2D eigenvalue weighted by molar-refractivity contribution is 7.98. The summed E-state index contributed by atoms with van der Waals surface area (Å²) >= 11 is 3.00. The zero-order valence-electron chi connectivity index (χ0n) is 14.1. The van der Waals surface area contributed by atoms with E-state index in [4.69, 9.17) is 0 Å². The van der Waals surface area contributed by atoms with Gasteiger partial charge in [0.05, 0.1) is 11.3 Å². The van der Waals surface area contributed by atoms with Crippen LogP contribution in [0.3, 0.4) is 0 Å². The van der Waals surface area contributed by atoms with Gasteiger partial charge in [-0.25, -0.2) is 4.98 Å². The standard InChI is InChI=1S/C21H16N2OS2/c1-25-19-9-5-4-8-17(19)20(24)23-21-22-18(13-26-21)16-11-10-14-6-2-3-7-15(14)12-16/h2-13H,1H3,(H,22,23,24). The summed E-state index contributed by atoms with van der Waals surface area (Å²) in [7, 11) is 0. The van der Waals surface area contributed by atoms with E-state index in [9.17, 15) is 4.79 Å². The molecule has 0 unspecified atom stereocenters. The highest BCUT2D eigenvalue weighted by Gasteiger charge is 2.13. The molecule has 0 bridgehead atoms. The normalized spacial score (nSPS) is 10.8. The number of nitrogens with one attached hydrogen (secondary N) is 1. The maximum absolute atomic E-state index is 12.6. The van der Waals surface area contributed by atoms with Gasteiger partial charge in [-0.1, -0.05) is 48.5 Å². The van der Waals surface area contributed by atoms with Crippen LogP contribution in [-0.4, -0.2) is 17.1 Å². The summed E-state index contributed by atoms with van der Waals surface area (Å²) in [6.45, 7) is 0. The van der Waals surface area contributed by atoms with Gasteiger partial charge in [0.1, 0.15) is 0 Å². The summed E-state index contributed by atoms with van der Waals surface area (Å²) in [6.07, 6.45) is 1.97. The van der Waals surface area contributed by atoms with Gasteiger partial charge in [0.25, 0.3) is 5.91 Å². The van der Waals surface area contributed by atoms with Crippen LogP contribution in [0.25, 0.3) is 22.0 Å². The molecule has 1 N–H and O–H groups in total. The van der Waals surface area contributed by atoms with E-state index in [1.165, 1.54) is 22.1 Å². The molecule has 128 valence electrons. The maximum atomic E-state index is 12.6. The number of anilines is 1. The van der Waals surface area contributed by atoms with E-state index < -0.39 is 0 Å². The first kappa shape index (κ1) is 16.8. The van der Waals surface area contributed by atoms with Crippen LogP contribution in [0.15, 0.2) is 77.0 Å². The SMILES string of the molecule is CSc1ccccc1C(=O)Nc1nc(-c2ccc3ccccc3c2)cs1. The van der Waals surface area contributed by atoms with Gasteiger partial charge < -0.3 is 0 Å². The van der Waals surface area contributed by atoms with Gasteiger partial charge >= 0.3 is 0 Å². The number of hydrogen-bond donors (Lipinski definition) is 1. The van der Waals surface area contributed by atoms with E-state index in [2.05, 4.69) is 40.6 Å². The maximum Gasteiger partial charge on any atom is 0.258 e. The Hall–Kier alpha value is -2.63. The minimum atomic E-state index is -0.130. The second-order valence-electron chi connectivity index (χ2n) is 5.75. The van der Waals surface area contributed by atoms with Gasteiger partial charge in [0.2, 0.25) is 0 Å². The predicted molar refractivity (Wildman–Crippen MR) is 111 cm³/mol. The Kier molecular flexibility index (Phi) is 4.73. The van der Waals surface area contributed by atoms with E-state index in [0.29, 0.717) is 10.7 Å². The van der Waals surface area contributed by atoms with Crippen LogP contribution < -0.4 is 5.32 Å². The molecule has 0 aliphatic carbocycles. The van der Waals surface area contributed by atoms with Crippen LogP contribution in [0.5, 0.6) is 0 Å². The lowest BCUT2D eigenvalue weighted by Crippen LogP contribution is -2.12. The molecule has 3 nitrogen and oxygen atoms in total. The number of rotatable bonds is 4. The number of aromatic nitrogens is 1. The fourth-order valence-electron chi connectivity index (χ4n) is 2.81. The summed E-state index contributed by atoms with van der Waals surface area (Å²) in [6, 6.07) is 22.1. The van der Waals surface area contributed by atoms with E-state index in [-0.39, 0.29) is 5.91 Å². The molecule has 0 saturated carbocycles. The highest BCUT2D eigenvalue weighted by Crippen LogP contribution is 2.28. The average Bonchev–Trinajstić information content (AvgIpc) is 3.16. The summed E-state index contributed by atoms with van der Waals surface area (Å²) in [5.74, 6) is -0.130. The van der Waals surface area contributed by atoms with E-state index >= 15 is 0 Å². The number of nitrogens with zero attached hydrogens (tertiary/aromatic N) is 1. The van der Waals surface area contributed by atoms with Crippen molar-refractivity contribution in [2.45, 2.75) is 4.90 Å². The second kappa shape index (κ2) is 7.32. The summed E-state index contributed by atoms with van der Waals surface area (Å²) < 4.78 is 0. The molecule has 0 aliphatic heterocycles. The molecule has 0 fully saturated rings. The smallest absolute Gasteiger partial charge is 0.258 e. The van der Waals surface area contributed by atoms with Crippen molar-refractivity contribution in [1.82, 2.24) is 4.98 Å². The number of carbonyl (C=O) groups is 1. The molecule has 0 aliphatic rings. The third-order valence-electron chi connectivity index (χ3n) is 4.12. The van der Waals surface area contributed by atoms with Crippen molar-refractivity contribution in [2.75, 3.05) is 11.6 Å². The van der Waals surface area contributed by atoms with Crippen molar-refractivity contribution in [3.63, 3.8) is 0 Å². The number of thioether (sulfide) groups is 1. The Morgan fingerprint density at radius 3 is 2.62 bits per heavy atom. The van der Waals surface area contributed by atoms with E-state index in [1.807, 2.05) is 48.0 Å². The monoisotopic (exact) mass is 376 g/mol. The Morgan fingerprint density at radius 2 is 1.77 bits per heavy atom. The lowest BCUT2D eigenvalue weighted by molar-refractivity contribution is 0.102. The van der Waals surface area contributed by atoms with Crippen molar-refractivity contribution in [1.29, 1.82) is 0 Å². The fourth-order valence-corrected chi connectivity index (χ4v) is 4.12. The molecule has 1 amide bonds. The van der Waals surface area contributed by atoms with Crippen LogP contribution in [0.4, 0.5) is 5.13 Å². The summed E-state index contributed by atoms with van der Waals surface area (Å²) in [5, 5.41) is 7.87. The molecule has 26 heavy (non-hydrogen) atoms. The Balaban J connectivity index is 1.58. The van der Waals surface area contributed by atoms with Crippen molar-refractivity contribution < 1.29 is 4.79 Å². The molecular weight excluding hydrogens is 360 g/mol. The molecule has 1 heterocycles. The van der Waals surface area contributed by atoms with Crippen LogP contribution in [-0.2, 0) is 0 Å². The van der Waals surface area contributed by atoms with Crippen molar-refractivity contribution in [3.05, 3.63) is 77.7 Å². The zero-order valence-corrected chi connectivity index (χ0v) is 15.7. The number of carbonyl (C=O) groups excluding carboxylic acids is 1. The van der Waals surface area contributed by atoms with Crippen molar-refractivity contribution in [3.8, 4) is 11.3 Å². The Morgan fingerprint density at radius 1 is 1.00 bits per heavy atom. The van der Waals surface area contributed by atoms with Crippen LogP contribution in [0.1, 0.15) is 10.4 Å². The molecular formula is C21H16N2OS2. The third kappa shape index (κ3) is 3.36. The largest absolute Gasteiger partial charge is 0.298 e. The fraction of sp³-hybridized carbons (Fsp3) is 0.0476. The number of thiazole rings is 1. The van der Waals surface area contributed by atoms with Crippen LogP contribution >= 0.6 is 23.1 Å². The quantitative estimate of drug-likeness (QED) is 0.448. The van der Waals surface area contributed by atoms with Gasteiger partial charge in [-0.15, -0.1) is 23.1 Å². The topological polar surface area (TPSA) is 42.0 Å². The first-order chi connectivity index (χ1) is 12.7.